The first-order valence-electron chi connectivity index (χ1n) is 5.06. The molecule has 16 heavy (non-hydrogen) atoms. The predicted octanol–water partition coefficient (Wildman–Crippen LogP) is 3.17. The van der Waals surface area contributed by atoms with Gasteiger partial charge in [-0.25, -0.2) is 0 Å². The van der Waals surface area contributed by atoms with Crippen molar-refractivity contribution in [2.45, 2.75) is 33.5 Å². The third kappa shape index (κ3) is 2.97. The molecular weight excluding hydrogens is 228 g/mol. The molecule has 0 saturated carbocycles. The Bertz CT molecular complexity index is 399. The molecule has 0 bridgehead atoms. The van der Waals surface area contributed by atoms with Gasteiger partial charge in [-0.3, -0.25) is 4.79 Å². The number of benzene rings is 1. The minimum atomic E-state index is -0.220. The number of Topliss-reactive ketones (excluding diaryl/α,β-unsaturated/α-hetero) is 1. The largest absolute Gasteiger partial charge is 0.506 e. The van der Waals surface area contributed by atoms with Crippen LogP contribution in [0.25, 0.3) is 0 Å². The van der Waals surface area contributed by atoms with Gasteiger partial charge in [0.05, 0.1) is 23.3 Å². The lowest BCUT2D eigenvalue weighted by molar-refractivity contribution is 0.0646. The summed E-state index contributed by atoms with van der Waals surface area (Å²) in [6, 6.07) is 3.25. The van der Waals surface area contributed by atoms with Crippen LogP contribution in [0.3, 0.4) is 0 Å². The van der Waals surface area contributed by atoms with Crippen LogP contribution in [0.15, 0.2) is 12.1 Å². The average Bonchev–Trinajstić information content (AvgIpc) is 2.19. The Labute approximate surface area is 100.0 Å². The second-order valence-corrected chi connectivity index (χ2v) is 4.25. The van der Waals surface area contributed by atoms with Crippen LogP contribution in [-0.2, 0) is 11.3 Å². The van der Waals surface area contributed by atoms with Crippen LogP contribution in [0.4, 0.5) is 0 Å². The second kappa shape index (κ2) is 5.32. The zero-order valence-electron chi connectivity index (χ0n) is 9.58. The molecule has 0 amide bonds. The van der Waals surface area contributed by atoms with E-state index in [0.717, 1.165) is 0 Å². The van der Waals surface area contributed by atoms with Crippen LogP contribution in [0.1, 0.15) is 36.7 Å². The number of hydrogen-bond donors (Lipinski definition) is 1. The molecule has 1 N–H and O–H groups in total. The Balaban J connectivity index is 3.08. The van der Waals surface area contributed by atoms with Crippen molar-refractivity contribution < 1.29 is 14.6 Å². The van der Waals surface area contributed by atoms with E-state index >= 15 is 0 Å². The van der Waals surface area contributed by atoms with Crippen LogP contribution >= 0.6 is 11.6 Å². The van der Waals surface area contributed by atoms with E-state index in [1.165, 1.54) is 6.92 Å². The van der Waals surface area contributed by atoms with Crippen molar-refractivity contribution in [1.29, 1.82) is 0 Å². The molecule has 4 heteroatoms. The highest BCUT2D eigenvalue weighted by Crippen LogP contribution is 2.30. The van der Waals surface area contributed by atoms with Gasteiger partial charge in [-0.1, -0.05) is 17.7 Å². The van der Waals surface area contributed by atoms with Crippen LogP contribution in [0, 0.1) is 0 Å². The van der Waals surface area contributed by atoms with Gasteiger partial charge in [0.25, 0.3) is 0 Å². The van der Waals surface area contributed by atoms with Gasteiger partial charge in [-0.2, -0.15) is 0 Å². The fourth-order valence-electron chi connectivity index (χ4n) is 1.38. The van der Waals surface area contributed by atoms with Crippen molar-refractivity contribution in [2.24, 2.45) is 0 Å². The van der Waals surface area contributed by atoms with E-state index in [0.29, 0.717) is 5.56 Å². The highest BCUT2D eigenvalue weighted by atomic mass is 35.5. The lowest BCUT2D eigenvalue weighted by Crippen LogP contribution is -2.07. The topological polar surface area (TPSA) is 46.5 Å². The van der Waals surface area contributed by atoms with Gasteiger partial charge in [-0.15, -0.1) is 0 Å². The Kier molecular flexibility index (Phi) is 4.33. The Morgan fingerprint density at radius 3 is 2.62 bits per heavy atom. The maximum absolute atomic E-state index is 11.4. The zero-order chi connectivity index (χ0) is 12.3. The molecule has 0 saturated heterocycles. The number of carbonyl (C=O) groups excluding carboxylic acids is 1. The maximum Gasteiger partial charge on any atom is 0.163 e. The van der Waals surface area contributed by atoms with Crippen LogP contribution in [-0.4, -0.2) is 17.0 Å². The average molecular weight is 243 g/mol. The Hall–Kier alpha value is -1.06. The van der Waals surface area contributed by atoms with E-state index in [-0.39, 0.29) is 34.8 Å². The third-order valence-electron chi connectivity index (χ3n) is 2.14. The van der Waals surface area contributed by atoms with Gasteiger partial charge in [-0.05, 0) is 32.4 Å². The van der Waals surface area contributed by atoms with Crippen molar-refractivity contribution in [3.63, 3.8) is 0 Å². The standard InChI is InChI=1S/C12H15ClO3/c1-7(2)16-6-9-4-5-10(13)12(15)11(9)8(3)14/h4-5,7,15H,6H2,1-3H3. The fraction of sp³-hybridized carbons (Fsp3) is 0.417. The minimum absolute atomic E-state index is 0.0672. The summed E-state index contributed by atoms with van der Waals surface area (Å²) in [4.78, 5) is 11.4. The normalized spacial score (nSPS) is 10.8. The first-order valence-corrected chi connectivity index (χ1v) is 5.44. The number of halogens is 1. The number of phenols is 1. The Morgan fingerprint density at radius 1 is 1.50 bits per heavy atom. The van der Waals surface area contributed by atoms with Crippen molar-refractivity contribution in [3.8, 4) is 5.75 Å². The van der Waals surface area contributed by atoms with Crippen molar-refractivity contribution in [1.82, 2.24) is 0 Å². The van der Waals surface area contributed by atoms with E-state index < -0.39 is 0 Å². The SMILES string of the molecule is CC(=O)c1c(COC(C)C)ccc(Cl)c1O. The summed E-state index contributed by atoms with van der Waals surface area (Å²) in [5.74, 6) is -0.388. The first kappa shape index (κ1) is 13.0. The third-order valence-corrected chi connectivity index (χ3v) is 2.44. The summed E-state index contributed by atoms with van der Waals surface area (Å²) in [6.45, 7) is 5.49. The molecule has 1 rings (SSSR count). The Morgan fingerprint density at radius 2 is 2.12 bits per heavy atom. The van der Waals surface area contributed by atoms with Crippen LogP contribution in [0.5, 0.6) is 5.75 Å². The molecule has 0 heterocycles. The van der Waals surface area contributed by atoms with Gasteiger partial charge in [0.2, 0.25) is 0 Å². The molecule has 1 aromatic rings. The van der Waals surface area contributed by atoms with Crippen LogP contribution < -0.4 is 0 Å². The van der Waals surface area contributed by atoms with E-state index in [2.05, 4.69) is 0 Å². The van der Waals surface area contributed by atoms with E-state index in [1.807, 2.05) is 13.8 Å². The predicted molar refractivity (Wildman–Crippen MR) is 63.0 cm³/mol. The number of ether oxygens (including phenoxy) is 1. The second-order valence-electron chi connectivity index (χ2n) is 3.85. The number of carbonyl (C=O) groups is 1. The molecular formula is C12H15ClO3. The van der Waals surface area contributed by atoms with Crippen molar-refractivity contribution >= 4 is 17.4 Å². The summed E-state index contributed by atoms with van der Waals surface area (Å²) < 4.78 is 5.41. The van der Waals surface area contributed by atoms with E-state index in [4.69, 9.17) is 16.3 Å². The monoisotopic (exact) mass is 242 g/mol. The fourth-order valence-corrected chi connectivity index (χ4v) is 1.53. The van der Waals surface area contributed by atoms with Crippen molar-refractivity contribution in [3.05, 3.63) is 28.3 Å². The van der Waals surface area contributed by atoms with Crippen molar-refractivity contribution in [2.75, 3.05) is 0 Å². The molecule has 3 nitrogen and oxygen atoms in total. The molecule has 1 aromatic carbocycles. The van der Waals surface area contributed by atoms with Gasteiger partial charge >= 0.3 is 0 Å². The number of phenolic OH excluding ortho intramolecular Hbond substituents is 1. The van der Waals surface area contributed by atoms with Gasteiger partial charge < -0.3 is 9.84 Å². The summed E-state index contributed by atoms with van der Waals surface area (Å²) in [5, 5.41) is 9.88. The molecule has 0 atom stereocenters. The van der Waals surface area contributed by atoms with E-state index in [9.17, 15) is 9.90 Å². The molecule has 0 unspecified atom stereocenters. The molecule has 0 aromatic heterocycles. The quantitative estimate of drug-likeness (QED) is 0.825. The number of aromatic hydroxyl groups is 1. The minimum Gasteiger partial charge on any atom is -0.506 e. The number of ketones is 1. The lowest BCUT2D eigenvalue weighted by atomic mass is 10.0. The molecule has 0 aliphatic rings. The van der Waals surface area contributed by atoms with E-state index in [1.54, 1.807) is 12.1 Å². The summed E-state index contributed by atoms with van der Waals surface area (Å²) in [5.41, 5.74) is 0.899. The molecule has 0 spiro atoms. The number of rotatable bonds is 4. The highest BCUT2D eigenvalue weighted by Gasteiger charge is 2.15. The molecule has 0 fully saturated rings. The maximum atomic E-state index is 11.4. The summed E-state index contributed by atoms with van der Waals surface area (Å²) in [7, 11) is 0. The van der Waals surface area contributed by atoms with Gasteiger partial charge in [0.1, 0.15) is 5.75 Å². The highest BCUT2D eigenvalue weighted by molar-refractivity contribution is 6.32. The lowest BCUT2D eigenvalue weighted by Gasteiger charge is -2.12. The summed E-state index contributed by atoms with van der Waals surface area (Å²) >= 11 is 5.75. The summed E-state index contributed by atoms with van der Waals surface area (Å²) in [6.07, 6.45) is 0.0672. The smallest absolute Gasteiger partial charge is 0.163 e. The van der Waals surface area contributed by atoms with Gasteiger partial charge in [0.15, 0.2) is 5.78 Å². The molecule has 0 aliphatic heterocycles. The molecule has 88 valence electrons. The number of hydrogen-bond acceptors (Lipinski definition) is 3. The molecule has 0 aliphatic carbocycles. The molecule has 0 radical (unpaired) electrons. The van der Waals surface area contributed by atoms with Crippen LogP contribution in [0.2, 0.25) is 5.02 Å². The zero-order valence-corrected chi connectivity index (χ0v) is 10.3. The van der Waals surface area contributed by atoms with Gasteiger partial charge in [0, 0.05) is 0 Å². The first-order chi connectivity index (χ1) is 7.43.